The van der Waals surface area contributed by atoms with E-state index in [4.69, 9.17) is 18.6 Å². The van der Waals surface area contributed by atoms with E-state index in [0.717, 1.165) is 38.9 Å². The molecule has 0 aliphatic heterocycles. The zero-order valence-electron chi connectivity index (χ0n) is 20.7. The molecule has 0 fully saturated rings. The van der Waals surface area contributed by atoms with Crippen molar-refractivity contribution in [1.29, 1.82) is 0 Å². The maximum Gasteiger partial charge on any atom is 0.249 e. The molecule has 0 unspecified atom stereocenters. The van der Waals surface area contributed by atoms with Gasteiger partial charge in [0.15, 0.2) is 0 Å². The summed E-state index contributed by atoms with van der Waals surface area (Å²) in [5.41, 5.74) is 5.58. The third-order valence-corrected chi connectivity index (χ3v) is 5.86. The van der Waals surface area contributed by atoms with E-state index in [1.165, 1.54) is 0 Å². The summed E-state index contributed by atoms with van der Waals surface area (Å²) in [7, 11) is 4.86. The Hall–Kier alpha value is -4.26. The Morgan fingerprint density at radius 3 is 2.49 bits per heavy atom. The summed E-state index contributed by atoms with van der Waals surface area (Å²) in [6, 6.07) is 13.1. The van der Waals surface area contributed by atoms with E-state index in [9.17, 15) is 4.79 Å². The van der Waals surface area contributed by atoms with Gasteiger partial charge >= 0.3 is 0 Å². The Kier molecular flexibility index (Phi) is 6.78. The van der Waals surface area contributed by atoms with Gasteiger partial charge < -0.3 is 23.9 Å². The lowest BCUT2D eigenvalue weighted by Gasteiger charge is -2.14. The van der Waals surface area contributed by atoms with Gasteiger partial charge in [-0.2, -0.15) is 0 Å². The number of aromatic nitrogens is 1. The van der Waals surface area contributed by atoms with E-state index >= 15 is 0 Å². The molecule has 35 heavy (non-hydrogen) atoms. The lowest BCUT2D eigenvalue weighted by atomic mass is 9.96. The zero-order valence-corrected chi connectivity index (χ0v) is 20.7. The quantitative estimate of drug-likeness (QED) is 0.324. The van der Waals surface area contributed by atoms with Crippen LogP contribution in [0.5, 0.6) is 17.2 Å². The predicted octanol–water partition coefficient (Wildman–Crippen LogP) is 6.18. The number of ether oxygens (including phenoxy) is 3. The number of allylic oxidation sites excluding steroid dienone is 1. The molecular weight excluding hydrogens is 444 g/mol. The van der Waals surface area contributed by atoms with E-state index in [1.54, 1.807) is 39.7 Å². The first-order valence-electron chi connectivity index (χ1n) is 11.1. The molecule has 180 valence electrons. The highest BCUT2D eigenvalue weighted by molar-refractivity contribution is 6.05. The number of hydrogen-bond donors (Lipinski definition) is 1. The normalized spacial score (nSPS) is 11.4. The van der Waals surface area contributed by atoms with Gasteiger partial charge in [0.1, 0.15) is 28.6 Å². The molecule has 0 bridgehead atoms. The van der Waals surface area contributed by atoms with Crippen molar-refractivity contribution in [2.75, 3.05) is 26.6 Å². The first-order chi connectivity index (χ1) is 16.9. The molecule has 0 aliphatic rings. The number of carbonyl (C=O) groups excluding carboxylic acids is 1. The summed E-state index contributed by atoms with van der Waals surface area (Å²) in [5.74, 6) is 2.27. The fourth-order valence-electron chi connectivity index (χ4n) is 4.15. The number of amides is 1. The second-order valence-electron chi connectivity index (χ2n) is 8.16. The standard InChI is InChI=1S/C28H28N2O5/c1-16(12-26(31)30-25-9-7-8-17(2)29-25)20-14-22-23(15-35-28(22)18(3)27(20)34-6)21-13-19(32-4)10-11-24(21)33-5/h7-15H,1-6H3,(H,29,30,31)/b16-12+. The van der Waals surface area contributed by atoms with Crippen molar-refractivity contribution in [1.82, 2.24) is 4.98 Å². The second kappa shape index (κ2) is 9.93. The lowest BCUT2D eigenvalue weighted by Crippen LogP contribution is -2.10. The van der Waals surface area contributed by atoms with E-state index < -0.39 is 0 Å². The molecule has 0 saturated heterocycles. The Morgan fingerprint density at radius 2 is 1.80 bits per heavy atom. The summed E-state index contributed by atoms with van der Waals surface area (Å²) in [4.78, 5) is 17.1. The van der Waals surface area contributed by atoms with Crippen LogP contribution >= 0.6 is 0 Å². The molecule has 7 nitrogen and oxygen atoms in total. The molecule has 2 aromatic heterocycles. The van der Waals surface area contributed by atoms with Gasteiger partial charge in [0.2, 0.25) is 5.91 Å². The van der Waals surface area contributed by atoms with Gasteiger partial charge in [0.05, 0.1) is 27.6 Å². The minimum Gasteiger partial charge on any atom is -0.497 e. The number of anilines is 1. The summed E-state index contributed by atoms with van der Waals surface area (Å²) in [5, 5.41) is 3.69. The number of methoxy groups -OCH3 is 3. The number of hydrogen-bond acceptors (Lipinski definition) is 6. The monoisotopic (exact) mass is 472 g/mol. The SMILES string of the molecule is COc1ccc(OC)c(-c2coc3c(C)c(OC)c(/C(C)=C/C(=O)Nc4cccc(C)n4)cc23)c1. The highest BCUT2D eigenvalue weighted by Gasteiger charge is 2.21. The molecule has 1 N–H and O–H groups in total. The average molecular weight is 473 g/mol. The van der Waals surface area contributed by atoms with Gasteiger partial charge in [0, 0.05) is 39.4 Å². The van der Waals surface area contributed by atoms with Crippen molar-refractivity contribution in [3.8, 4) is 28.4 Å². The second-order valence-corrected chi connectivity index (χ2v) is 8.16. The first kappa shape index (κ1) is 23.9. The number of aryl methyl sites for hydroxylation is 2. The maximum atomic E-state index is 12.7. The van der Waals surface area contributed by atoms with Crippen LogP contribution in [0.4, 0.5) is 5.82 Å². The fourth-order valence-corrected chi connectivity index (χ4v) is 4.15. The Balaban J connectivity index is 1.81. The first-order valence-corrected chi connectivity index (χ1v) is 11.1. The Labute approximate surface area is 204 Å². The predicted molar refractivity (Wildman–Crippen MR) is 137 cm³/mol. The minimum atomic E-state index is -0.276. The van der Waals surface area contributed by atoms with Gasteiger partial charge in [0.25, 0.3) is 0 Å². The van der Waals surface area contributed by atoms with Crippen molar-refractivity contribution < 1.29 is 23.4 Å². The number of fused-ring (bicyclic) bond motifs is 1. The molecule has 0 saturated carbocycles. The van der Waals surface area contributed by atoms with Crippen LogP contribution < -0.4 is 19.5 Å². The Bertz CT molecular complexity index is 1440. The molecule has 1 amide bonds. The van der Waals surface area contributed by atoms with E-state index in [0.29, 0.717) is 28.6 Å². The van der Waals surface area contributed by atoms with Crippen molar-refractivity contribution in [2.45, 2.75) is 20.8 Å². The molecule has 0 aliphatic carbocycles. The van der Waals surface area contributed by atoms with Crippen LogP contribution in [0.1, 0.15) is 23.7 Å². The molecule has 4 aromatic rings. The fraction of sp³-hybridized carbons (Fsp3) is 0.214. The molecule has 2 aromatic carbocycles. The van der Waals surface area contributed by atoms with Crippen LogP contribution in [0.25, 0.3) is 27.7 Å². The van der Waals surface area contributed by atoms with Gasteiger partial charge in [-0.25, -0.2) is 4.98 Å². The van der Waals surface area contributed by atoms with Crippen LogP contribution in [-0.4, -0.2) is 32.2 Å². The highest BCUT2D eigenvalue weighted by atomic mass is 16.5. The smallest absolute Gasteiger partial charge is 0.249 e. The number of carbonyl (C=O) groups is 1. The highest BCUT2D eigenvalue weighted by Crippen LogP contribution is 2.43. The third-order valence-electron chi connectivity index (χ3n) is 5.86. The summed E-state index contributed by atoms with van der Waals surface area (Å²) < 4.78 is 22.7. The lowest BCUT2D eigenvalue weighted by molar-refractivity contribution is -0.111. The maximum absolute atomic E-state index is 12.7. The van der Waals surface area contributed by atoms with Gasteiger partial charge in [-0.05, 0) is 62.7 Å². The van der Waals surface area contributed by atoms with Gasteiger partial charge in [-0.15, -0.1) is 0 Å². The topological polar surface area (TPSA) is 82.8 Å². The number of rotatable bonds is 7. The molecule has 2 heterocycles. The Morgan fingerprint density at radius 1 is 1.00 bits per heavy atom. The van der Waals surface area contributed by atoms with E-state index in [2.05, 4.69) is 10.3 Å². The number of benzene rings is 2. The average Bonchev–Trinajstić information content (AvgIpc) is 3.27. The van der Waals surface area contributed by atoms with E-state index in [-0.39, 0.29) is 5.91 Å². The van der Waals surface area contributed by atoms with E-state index in [1.807, 2.05) is 57.2 Å². The molecular formula is C28H28N2O5. The van der Waals surface area contributed by atoms with Crippen LogP contribution in [0.3, 0.4) is 0 Å². The minimum absolute atomic E-state index is 0.276. The van der Waals surface area contributed by atoms with Crippen LogP contribution in [0.15, 0.2) is 59.2 Å². The number of pyridine rings is 1. The van der Waals surface area contributed by atoms with Gasteiger partial charge in [-0.1, -0.05) is 6.07 Å². The van der Waals surface area contributed by atoms with Crippen LogP contribution in [-0.2, 0) is 4.79 Å². The summed E-state index contributed by atoms with van der Waals surface area (Å²) >= 11 is 0. The van der Waals surface area contributed by atoms with Crippen molar-refractivity contribution in [2.24, 2.45) is 0 Å². The van der Waals surface area contributed by atoms with Crippen LogP contribution in [0, 0.1) is 13.8 Å². The summed E-state index contributed by atoms with van der Waals surface area (Å²) in [6.45, 7) is 5.68. The van der Waals surface area contributed by atoms with Crippen molar-refractivity contribution in [3.63, 3.8) is 0 Å². The molecule has 7 heteroatoms. The summed E-state index contributed by atoms with van der Waals surface area (Å²) in [6.07, 6.45) is 3.24. The third kappa shape index (κ3) is 4.71. The molecule has 0 spiro atoms. The van der Waals surface area contributed by atoms with Crippen molar-refractivity contribution >= 4 is 28.3 Å². The largest absolute Gasteiger partial charge is 0.497 e. The van der Waals surface area contributed by atoms with Gasteiger partial charge in [-0.3, -0.25) is 4.79 Å². The van der Waals surface area contributed by atoms with Crippen LogP contribution in [0.2, 0.25) is 0 Å². The number of nitrogens with zero attached hydrogens (tertiary/aromatic N) is 1. The number of furan rings is 1. The molecule has 0 radical (unpaired) electrons. The van der Waals surface area contributed by atoms with Crippen molar-refractivity contribution in [3.05, 3.63) is 71.6 Å². The molecule has 4 rings (SSSR count). The molecule has 0 atom stereocenters. The number of nitrogens with one attached hydrogen (secondary N) is 1. The zero-order chi connectivity index (χ0) is 25.1.